The van der Waals surface area contributed by atoms with E-state index in [0.717, 1.165) is 12.5 Å². The second kappa shape index (κ2) is 6.62. The van der Waals surface area contributed by atoms with Crippen LogP contribution in [0.5, 0.6) is 11.5 Å². The Kier molecular flexibility index (Phi) is 4.20. The molecule has 0 aliphatic heterocycles. The summed E-state index contributed by atoms with van der Waals surface area (Å²) in [5.41, 5.74) is 0.0181. The largest absolute Gasteiger partial charge is 0.471 e. The quantitative estimate of drug-likeness (QED) is 0.543. The molecule has 0 atom stereocenters. The van der Waals surface area contributed by atoms with Crippen LogP contribution in [0.4, 0.5) is 0 Å². The van der Waals surface area contributed by atoms with Crippen LogP contribution >= 0.6 is 0 Å². The summed E-state index contributed by atoms with van der Waals surface area (Å²) in [6, 6.07) is 17.1. The molecule has 0 fully saturated rings. The molecule has 3 rings (SSSR count). The van der Waals surface area contributed by atoms with Gasteiger partial charge in [0.25, 0.3) is 0 Å². The van der Waals surface area contributed by atoms with Crippen molar-refractivity contribution in [1.82, 2.24) is 0 Å². The molecule has 5 nitrogen and oxygen atoms in total. The number of benzene rings is 2. The molecule has 5 heteroatoms. The Bertz CT molecular complexity index is 738. The van der Waals surface area contributed by atoms with Crippen molar-refractivity contribution in [3.63, 3.8) is 0 Å². The molecule has 0 spiro atoms. The van der Waals surface area contributed by atoms with Crippen LogP contribution in [-0.2, 0) is 0 Å². The molecule has 23 heavy (non-hydrogen) atoms. The minimum atomic E-state index is -0.690. The number of hydrogen-bond donors (Lipinski definition) is 0. The van der Waals surface area contributed by atoms with Crippen LogP contribution < -0.4 is 9.47 Å². The molecule has 0 saturated carbocycles. The van der Waals surface area contributed by atoms with E-state index in [1.54, 1.807) is 60.7 Å². The van der Waals surface area contributed by atoms with E-state index in [4.69, 9.17) is 13.9 Å². The summed E-state index contributed by atoms with van der Waals surface area (Å²) in [4.78, 5) is 24.3. The average molecular weight is 308 g/mol. The highest BCUT2D eigenvalue weighted by Gasteiger charge is 2.23. The lowest BCUT2D eigenvalue weighted by atomic mass is 10.2. The maximum atomic E-state index is 12.2. The average Bonchev–Trinajstić information content (AvgIpc) is 3.06. The van der Waals surface area contributed by atoms with Gasteiger partial charge in [-0.2, -0.15) is 0 Å². The van der Waals surface area contributed by atoms with Crippen LogP contribution in [0.15, 0.2) is 77.6 Å². The van der Waals surface area contributed by atoms with Crippen LogP contribution in [0, 0.1) is 0 Å². The fourth-order valence-corrected chi connectivity index (χ4v) is 1.91. The van der Waals surface area contributed by atoms with Crippen molar-refractivity contribution in [2.75, 3.05) is 0 Å². The lowest BCUT2D eigenvalue weighted by molar-refractivity contribution is 0.0693. The van der Waals surface area contributed by atoms with Gasteiger partial charge < -0.3 is 13.9 Å². The molecule has 2 aromatic carbocycles. The van der Waals surface area contributed by atoms with E-state index in [-0.39, 0.29) is 11.1 Å². The minimum absolute atomic E-state index is 0.00906. The van der Waals surface area contributed by atoms with E-state index < -0.39 is 11.9 Å². The van der Waals surface area contributed by atoms with Crippen molar-refractivity contribution in [3.05, 3.63) is 84.3 Å². The first kappa shape index (κ1) is 14.6. The molecule has 1 heterocycles. The molecule has 0 radical (unpaired) electrons. The van der Waals surface area contributed by atoms with Gasteiger partial charge in [0.15, 0.2) is 0 Å². The van der Waals surface area contributed by atoms with Crippen molar-refractivity contribution in [1.29, 1.82) is 0 Å². The number of esters is 2. The van der Waals surface area contributed by atoms with Crippen molar-refractivity contribution in [2.45, 2.75) is 0 Å². The number of carbonyl (C=O) groups excluding carboxylic acids is 2. The summed E-state index contributed by atoms with van der Waals surface area (Å²) in [6.07, 6.45) is 2.32. The van der Waals surface area contributed by atoms with Crippen LogP contribution in [-0.4, -0.2) is 11.9 Å². The second-order valence-corrected chi connectivity index (χ2v) is 4.60. The van der Waals surface area contributed by atoms with E-state index in [0.29, 0.717) is 11.5 Å². The summed E-state index contributed by atoms with van der Waals surface area (Å²) in [5, 5.41) is 0. The zero-order chi connectivity index (χ0) is 16.1. The van der Waals surface area contributed by atoms with Gasteiger partial charge in [0, 0.05) is 0 Å². The number of para-hydroxylation sites is 2. The molecule has 0 amide bonds. The lowest BCUT2D eigenvalue weighted by Gasteiger charge is -2.05. The molecule has 0 aliphatic carbocycles. The fourth-order valence-electron chi connectivity index (χ4n) is 1.91. The number of carbonyl (C=O) groups is 2. The standard InChI is InChI=1S/C18H12O5/c19-17(22-13-7-3-1-4-8-13)15-11-21-12-16(15)18(20)23-14-9-5-2-6-10-14/h1-12H. The van der Waals surface area contributed by atoms with Crippen LogP contribution in [0.3, 0.4) is 0 Å². The molecule has 3 aromatic rings. The predicted molar refractivity (Wildman–Crippen MR) is 81.5 cm³/mol. The van der Waals surface area contributed by atoms with Crippen LogP contribution in [0.1, 0.15) is 20.7 Å². The van der Waals surface area contributed by atoms with Gasteiger partial charge in [-0.15, -0.1) is 0 Å². The topological polar surface area (TPSA) is 65.7 Å². The van der Waals surface area contributed by atoms with Gasteiger partial charge >= 0.3 is 11.9 Å². The van der Waals surface area contributed by atoms with Gasteiger partial charge in [0.05, 0.1) is 0 Å². The SMILES string of the molecule is O=C(Oc1ccccc1)c1cocc1C(=O)Oc1ccccc1. The Morgan fingerprint density at radius 3 is 1.43 bits per heavy atom. The molecule has 0 unspecified atom stereocenters. The number of hydrogen-bond acceptors (Lipinski definition) is 5. The van der Waals surface area contributed by atoms with E-state index in [1.165, 1.54) is 0 Å². The Balaban J connectivity index is 1.76. The Morgan fingerprint density at radius 2 is 1.04 bits per heavy atom. The number of rotatable bonds is 4. The zero-order valence-electron chi connectivity index (χ0n) is 12.0. The predicted octanol–water partition coefficient (Wildman–Crippen LogP) is 3.72. The van der Waals surface area contributed by atoms with E-state index >= 15 is 0 Å². The van der Waals surface area contributed by atoms with Gasteiger partial charge in [-0.3, -0.25) is 0 Å². The summed E-state index contributed by atoms with van der Waals surface area (Å²) in [5.74, 6) is -0.628. The van der Waals surface area contributed by atoms with Gasteiger partial charge in [-0.25, -0.2) is 9.59 Å². The highest BCUT2D eigenvalue weighted by molar-refractivity contribution is 6.04. The summed E-state index contributed by atoms with van der Waals surface area (Å²) in [7, 11) is 0. The first-order chi connectivity index (χ1) is 11.2. The molecular formula is C18H12O5. The Morgan fingerprint density at radius 1 is 0.652 bits per heavy atom. The van der Waals surface area contributed by atoms with Gasteiger partial charge in [0.2, 0.25) is 0 Å². The van der Waals surface area contributed by atoms with Gasteiger partial charge in [-0.05, 0) is 24.3 Å². The van der Waals surface area contributed by atoms with Gasteiger partial charge in [-0.1, -0.05) is 36.4 Å². The zero-order valence-corrected chi connectivity index (χ0v) is 12.0. The summed E-state index contributed by atoms with van der Waals surface area (Å²) in [6.45, 7) is 0. The molecule has 1 aromatic heterocycles. The monoisotopic (exact) mass is 308 g/mol. The first-order valence-corrected chi connectivity index (χ1v) is 6.84. The molecule has 0 N–H and O–H groups in total. The highest BCUT2D eigenvalue weighted by atomic mass is 16.5. The van der Waals surface area contributed by atoms with Crippen molar-refractivity contribution in [2.24, 2.45) is 0 Å². The van der Waals surface area contributed by atoms with Crippen molar-refractivity contribution < 1.29 is 23.5 Å². The van der Waals surface area contributed by atoms with E-state index in [9.17, 15) is 9.59 Å². The van der Waals surface area contributed by atoms with Crippen LogP contribution in [0.25, 0.3) is 0 Å². The van der Waals surface area contributed by atoms with E-state index in [2.05, 4.69) is 0 Å². The van der Waals surface area contributed by atoms with E-state index in [1.807, 2.05) is 0 Å². The lowest BCUT2D eigenvalue weighted by Crippen LogP contribution is -2.15. The Labute approximate surface area is 132 Å². The maximum absolute atomic E-state index is 12.2. The first-order valence-electron chi connectivity index (χ1n) is 6.84. The molecule has 0 aliphatic rings. The van der Waals surface area contributed by atoms with Crippen molar-refractivity contribution in [3.8, 4) is 11.5 Å². The summed E-state index contributed by atoms with van der Waals surface area (Å²) < 4.78 is 15.3. The second-order valence-electron chi connectivity index (χ2n) is 4.60. The molecule has 0 bridgehead atoms. The Hall–Kier alpha value is -3.34. The summed E-state index contributed by atoms with van der Waals surface area (Å²) >= 11 is 0. The number of ether oxygens (including phenoxy) is 2. The highest BCUT2D eigenvalue weighted by Crippen LogP contribution is 2.18. The maximum Gasteiger partial charge on any atom is 0.347 e. The third kappa shape index (κ3) is 3.47. The minimum Gasteiger partial charge on any atom is -0.471 e. The van der Waals surface area contributed by atoms with Crippen molar-refractivity contribution >= 4 is 11.9 Å². The smallest absolute Gasteiger partial charge is 0.347 e. The molecule has 114 valence electrons. The normalized spacial score (nSPS) is 10.1. The van der Waals surface area contributed by atoms with Crippen LogP contribution in [0.2, 0.25) is 0 Å². The van der Waals surface area contributed by atoms with Gasteiger partial charge in [0.1, 0.15) is 35.2 Å². The molecular weight excluding hydrogens is 296 g/mol. The fraction of sp³-hybridized carbons (Fsp3) is 0. The third-order valence-corrected chi connectivity index (χ3v) is 3.01. The third-order valence-electron chi connectivity index (χ3n) is 3.01. The number of furan rings is 1. The molecule has 0 saturated heterocycles.